The summed E-state index contributed by atoms with van der Waals surface area (Å²) in [5, 5.41) is 3.04. The predicted octanol–water partition coefficient (Wildman–Crippen LogP) is 3.48. The van der Waals surface area contributed by atoms with Crippen molar-refractivity contribution in [2.24, 2.45) is 7.05 Å². The van der Waals surface area contributed by atoms with Gasteiger partial charge in [0.15, 0.2) is 5.65 Å². The van der Waals surface area contributed by atoms with Gasteiger partial charge in [-0.25, -0.2) is 15.0 Å². The van der Waals surface area contributed by atoms with Crippen LogP contribution in [0.5, 0.6) is 0 Å². The van der Waals surface area contributed by atoms with E-state index in [9.17, 15) is 4.79 Å². The molecule has 0 bridgehead atoms. The molecule has 138 valence electrons. The molecule has 1 aliphatic rings. The first kappa shape index (κ1) is 16.6. The van der Waals surface area contributed by atoms with E-state index in [4.69, 9.17) is 0 Å². The Morgan fingerprint density at radius 3 is 2.71 bits per heavy atom. The first-order valence-corrected chi connectivity index (χ1v) is 9.18. The van der Waals surface area contributed by atoms with Gasteiger partial charge in [0.1, 0.15) is 17.5 Å². The Hall–Kier alpha value is -3.54. The minimum Gasteiger partial charge on any atom is -0.325 e. The van der Waals surface area contributed by atoms with Gasteiger partial charge in [-0.3, -0.25) is 4.79 Å². The number of nitrogens with zero attached hydrogens (tertiary/aromatic N) is 4. The molecule has 2 aromatic carbocycles. The minimum atomic E-state index is -0.636. The summed E-state index contributed by atoms with van der Waals surface area (Å²) >= 11 is 0. The highest BCUT2D eigenvalue weighted by atomic mass is 16.2. The Bertz CT molecular complexity index is 1210. The van der Waals surface area contributed by atoms with Crippen LogP contribution in [0.4, 0.5) is 5.69 Å². The number of hydrogen-bond donors (Lipinski definition) is 1. The van der Waals surface area contributed by atoms with Crippen LogP contribution in [0, 0.1) is 0 Å². The summed E-state index contributed by atoms with van der Waals surface area (Å²) in [5.41, 5.74) is 5.59. The lowest BCUT2D eigenvalue weighted by Gasteiger charge is -2.23. The van der Waals surface area contributed by atoms with Gasteiger partial charge in [0, 0.05) is 18.3 Å². The van der Waals surface area contributed by atoms with Crippen molar-refractivity contribution in [2.75, 3.05) is 5.32 Å². The highest BCUT2D eigenvalue weighted by Crippen LogP contribution is 2.42. The molecule has 0 aliphatic carbocycles. The monoisotopic (exact) mass is 369 g/mol. The van der Waals surface area contributed by atoms with E-state index < -0.39 is 5.41 Å². The van der Waals surface area contributed by atoms with Crippen molar-refractivity contribution < 1.29 is 4.79 Å². The fraction of sp³-hybridized carbons (Fsp3) is 0.182. The summed E-state index contributed by atoms with van der Waals surface area (Å²) in [4.78, 5) is 26.1. The number of amides is 1. The van der Waals surface area contributed by atoms with Crippen molar-refractivity contribution in [3.05, 3.63) is 72.3 Å². The number of aromatic nitrogens is 4. The highest BCUT2D eigenvalue weighted by Gasteiger charge is 2.42. The maximum absolute atomic E-state index is 12.9. The first-order valence-electron chi connectivity index (χ1n) is 9.18. The van der Waals surface area contributed by atoms with Crippen LogP contribution in [0.25, 0.3) is 22.4 Å². The lowest BCUT2D eigenvalue weighted by molar-refractivity contribution is -0.120. The summed E-state index contributed by atoms with van der Waals surface area (Å²) in [6, 6.07) is 16.1. The molecule has 0 spiro atoms. The Labute approximate surface area is 162 Å². The molecule has 3 heterocycles. The number of aryl methyl sites for hydroxylation is 1. The molecule has 0 radical (unpaired) electrons. The predicted molar refractivity (Wildman–Crippen MR) is 108 cm³/mol. The molecule has 0 saturated carbocycles. The second-order valence-corrected chi connectivity index (χ2v) is 7.46. The number of anilines is 1. The van der Waals surface area contributed by atoms with E-state index in [0.717, 1.165) is 39.2 Å². The largest absolute Gasteiger partial charge is 0.325 e. The number of imidazole rings is 1. The van der Waals surface area contributed by atoms with Crippen molar-refractivity contribution in [3.8, 4) is 11.3 Å². The van der Waals surface area contributed by atoms with Gasteiger partial charge in [0.05, 0.1) is 11.7 Å². The Morgan fingerprint density at radius 1 is 1.07 bits per heavy atom. The molecule has 0 saturated heterocycles. The summed E-state index contributed by atoms with van der Waals surface area (Å²) in [6.07, 6.45) is 3.93. The molecule has 0 fully saturated rings. The van der Waals surface area contributed by atoms with Crippen molar-refractivity contribution in [1.82, 2.24) is 19.5 Å². The molecular formula is C22H19N5O. The molecule has 28 heavy (non-hydrogen) atoms. The minimum absolute atomic E-state index is 0.0224. The van der Waals surface area contributed by atoms with Gasteiger partial charge in [-0.1, -0.05) is 36.4 Å². The molecular weight excluding hydrogens is 350 g/mol. The summed E-state index contributed by atoms with van der Waals surface area (Å²) in [5.74, 6) is 0.0224. The molecule has 1 amide bonds. The zero-order chi connectivity index (χ0) is 19.3. The standard InChI is InChI=1S/C22H19N5O/c1-22(11-14-6-4-3-5-7-14)16-10-15(8-9-17(16)26-21(22)28)18-19-20(24-12-23-18)27(2)13-25-19/h3-10,12-13H,11H2,1-2H3,(H,26,28)/t22-/m0/s1. The zero-order valence-electron chi connectivity index (χ0n) is 15.7. The molecule has 4 aromatic rings. The fourth-order valence-electron chi connectivity index (χ4n) is 3.98. The smallest absolute Gasteiger partial charge is 0.235 e. The quantitative estimate of drug-likeness (QED) is 0.600. The van der Waals surface area contributed by atoms with Gasteiger partial charge in [0.25, 0.3) is 0 Å². The average Bonchev–Trinajstić information content (AvgIpc) is 3.20. The lowest BCUT2D eigenvalue weighted by atomic mass is 9.78. The lowest BCUT2D eigenvalue weighted by Crippen LogP contribution is -2.33. The fourth-order valence-corrected chi connectivity index (χ4v) is 3.98. The number of hydrogen-bond acceptors (Lipinski definition) is 4. The Morgan fingerprint density at radius 2 is 1.89 bits per heavy atom. The van der Waals surface area contributed by atoms with Crippen LogP contribution in [0.1, 0.15) is 18.1 Å². The van der Waals surface area contributed by atoms with E-state index in [1.807, 2.05) is 48.9 Å². The Balaban J connectivity index is 1.64. The van der Waals surface area contributed by atoms with Crippen molar-refractivity contribution in [2.45, 2.75) is 18.8 Å². The van der Waals surface area contributed by atoms with Gasteiger partial charge in [-0.15, -0.1) is 0 Å². The second kappa shape index (κ2) is 5.99. The molecule has 5 rings (SSSR count). The number of rotatable bonds is 3. The topological polar surface area (TPSA) is 72.7 Å². The SMILES string of the molecule is Cn1cnc2c(-c3ccc4c(c3)[C@](C)(Cc3ccccc3)C(=O)N4)ncnc21. The van der Waals surface area contributed by atoms with Crippen LogP contribution in [-0.4, -0.2) is 25.4 Å². The summed E-state index contributed by atoms with van der Waals surface area (Å²) in [6.45, 7) is 2.00. The van der Waals surface area contributed by atoms with Crippen molar-refractivity contribution >= 4 is 22.8 Å². The number of benzene rings is 2. The van der Waals surface area contributed by atoms with E-state index in [-0.39, 0.29) is 5.91 Å². The number of carbonyl (C=O) groups is 1. The highest BCUT2D eigenvalue weighted by molar-refractivity contribution is 6.06. The molecule has 6 heteroatoms. The molecule has 0 unspecified atom stereocenters. The van der Waals surface area contributed by atoms with Gasteiger partial charge >= 0.3 is 0 Å². The van der Waals surface area contributed by atoms with Crippen LogP contribution in [0.15, 0.2) is 61.2 Å². The van der Waals surface area contributed by atoms with Crippen LogP contribution < -0.4 is 5.32 Å². The van der Waals surface area contributed by atoms with Gasteiger partial charge < -0.3 is 9.88 Å². The molecule has 1 atom stereocenters. The third-order valence-corrected chi connectivity index (χ3v) is 5.53. The number of carbonyl (C=O) groups excluding carboxylic acids is 1. The second-order valence-electron chi connectivity index (χ2n) is 7.46. The Kier molecular flexibility index (Phi) is 3.55. The normalized spacial score (nSPS) is 18.3. The van der Waals surface area contributed by atoms with Gasteiger partial charge in [-0.2, -0.15) is 0 Å². The molecule has 1 aliphatic heterocycles. The van der Waals surface area contributed by atoms with Crippen LogP contribution >= 0.6 is 0 Å². The first-order chi connectivity index (χ1) is 13.6. The van der Waals surface area contributed by atoms with E-state index in [0.29, 0.717) is 6.42 Å². The maximum Gasteiger partial charge on any atom is 0.235 e. The van der Waals surface area contributed by atoms with E-state index in [1.54, 1.807) is 12.7 Å². The van der Waals surface area contributed by atoms with Crippen LogP contribution in [0.3, 0.4) is 0 Å². The van der Waals surface area contributed by atoms with Gasteiger partial charge in [0.2, 0.25) is 5.91 Å². The van der Waals surface area contributed by atoms with Crippen LogP contribution in [-0.2, 0) is 23.7 Å². The zero-order valence-corrected chi connectivity index (χ0v) is 15.7. The number of fused-ring (bicyclic) bond motifs is 2. The van der Waals surface area contributed by atoms with E-state index >= 15 is 0 Å². The molecule has 2 aromatic heterocycles. The van der Waals surface area contributed by atoms with Crippen molar-refractivity contribution in [1.29, 1.82) is 0 Å². The molecule has 1 N–H and O–H groups in total. The van der Waals surface area contributed by atoms with E-state index in [1.165, 1.54) is 0 Å². The summed E-state index contributed by atoms with van der Waals surface area (Å²) < 4.78 is 1.87. The van der Waals surface area contributed by atoms with Gasteiger partial charge in [-0.05, 0) is 36.6 Å². The number of nitrogens with one attached hydrogen (secondary N) is 1. The van der Waals surface area contributed by atoms with Crippen LogP contribution in [0.2, 0.25) is 0 Å². The third-order valence-electron chi connectivity index (χ3n) is 5.53. The van der Waals surface area contributed by atoms with E-state index in [2.05, 4.69) is 38.5 Å². The molecule has 6 nitrogen and oxygen atoms in total. The van der Waals surface area contributed by atoms with Crippen molar-refractivity contribution in [3.63, 3.8) is 0 Å². The average molecular weight is 369 g/mol. The third kappa shape index (κ3) is 2.41. The summed E-state index contributed by atoms with van der Waals surface area (Å²) in [7, 11) is 1.91. The maximum atomic E-state index is 12.9.